The normalized spacial score (nSPS) is 17.8. The molecule has 1 amide bonds. The summed E-state index contributed by atoms with van der Waals surface area (Å²) in [6.07, 6.45) is 4.41. The highest BCUT2D eigenvalue weighted by Crippen LogP contribution is 2.33. The van der Waals surface area contributed by atoms with Gasteiger partial charge in [-0.25, -0.2) is 4.79 Å². The zero-order chi connectivity index (χ0) is 26.9. The quantitative estimate of drug-likeness (QED) is 0.262. The van der Waals surface area contributed by atoms with Crippen LogP contribution in [0.2, 0.25) is 0 Å². The molecule has 0 atom stereocenters. The number of amides is 1. The molecular formula is C28H48N4O4. The largest absolute Gasteiger partial charge is 0.381 e. The molecule has 36 heavy (non-hydrogen) atoms. The Morgan fingerprint density at radius 3 is 1.97 bits per heavy atom. The molecule has 0 aliphatic carbocycles. The molecule has 0 N–H and O–H groups in total. The molecule has 0 radical (unpaired) electrons. The molecule has 8 nitrogen and oxygen atoms in total. The summed E-state index contributed by atoms with van der Waals surface area (Å²) in [5.41, 5.74) is 0.499. The molecule has 2 aliphatic rings. The van der Waals surface area contributed by atoms with Crippen LogP contribution in [0.3, 0.4) is 0 Å². The maximum Gasteiger partial charge on any atom is 0.248 e. The third-order valence-corrected chi connectivity index (χ3v) is 7.28. The van der Waals surface area contributed by atoms with E-state index in [1.54, 1.807) is 9.80 Å². The molecule has 0 unspecified atom stereocenters. The van der Waals surface area contributed by atoms with Gasteiger partial charge >= 0.3 is 0 Å². The lowest BCUT2D eigenvalue weighted by atomic mass is 9.97. The van der Waals surface area contributed by atoms with Crippen LogP contribution in [-0.4, -0.2) is 95.1 Å². The number of carbonyl (C=O) groups excluding carboxylic acids is 2. The average molecular weight is 505 g/mol. The van der Waals surface area contributed by atoms with Crippen LogP contribution >= 0.6 is 0 Å². The van der Waals surface area contributed by atoms with Gasteiger partial charge in [0.15, 0.2) is 11.8 Å². The first-order chi connectivity index (χ1) is 17.0. The van der Waals surface area contributed by atoms with Gasteiger partial charge in [-0.2, -0.15) is 0 Å². The lowest BCUT2D eigenvalue weighted by Crippen LogP contribution is -2.46. The second-order valence-corrected chi connectivity index (χ2v) is 10.9. The smallest absolute Gasteiger partial charge is 0.248 e. The Balaban J connectivity index is 1.68. The van der Waals surface area contributed by atoms with E-state index in [9.17, 15) is 9.59 Å². The predicted octanol–water partition coefficient (Wildman–Crippen LogP) is 3.99. The molecule has 0 spiro atoms. The molecule has 2 rings (SSSR count). The summed E-state index contributed by atoms with van der Waals surface area (Å²) >= 11 is 0. The van der Waals surface area contributed by atoms with Crippen molar-refractivity contribution in [3.63, 3.8) is 0 Å². The van der Waals surface area contributed by atoms with Gasteiger partial charge in [0.1, 0.15) is 5.82 Å². The molecule has 0 aromatic carbocycles. The first-order valence-corrected chi connectivity index (χ1v) is 13.4. The molecule has 2 fully saturated rings. The van der Waals surface area contributed by atoms with Crippen LogP contribution in [-0.2, 0) is 19.1 Å². The standard InChI is InChI=1S/C28H48N4O4/c1-9-29-16-11-13-23(3)31(24(29)4)27(5,6)14-19-35-17-12-18-36-20-15-28(7,8)32-25(22-33)30(10-2)21-26(32)34/h3-4,9-21H2,1-2,5-8H3. The van der Waals surface area contributed by atoms with Crippen molar-refractivity contribution in [1.29, 1.82) is 0 Å². The van der Waals surface area contributed by atoms with Gasteiger partial charge in [0.25, 0.3) is 0 Å². The Labute approximate surface area is 218 Å². The number of ether oxygens (including phenoxy) is 2. The fourth-order valence-electron chi connectivity index (χ4n) is 5.06. The summed E-state index contributed by atoms with van der Waals surface area (Å²) in [6.45, 7) is 26.4. The van der Waals surface area contributed by atoms with Crippen molar-refractivity contribution >= 4 is 11.8 Å². The highest BCUT2D eigenvalue weighted by Gasteiger charge is 2.42. The molecule has 8 heteroatoms. The topological polar surface area (TPSA) is 65.6 Å². The average Bonchev–Trinajstić information content (AvgIpc) is 3.08. The van der Waals surface area contributed by atoms with Crippen molar-refractivity contribution in [3.05, 3.63) is 30.5 Å². The van der Waals surface area contributed by atoms with Crippen molar-refractivity contribution in [1.82, 2.24) is 19.6 Å². The van der Waals surface area contributed by atoms with E-state index < -0.39 is 5.54 Å². The zero-order valence-corrected chi connectivity index (χ0v) is 23.5. The van der Waals surface area contributed by atoms with Gasteiger partial charge in [0, 0.05) is 62.8 Å². The van der Waals surface area contributed by atoms with E-state index in [0.717, 1.165) is 50.3 Å². The minimum atomic E-state index is -0.509. The van der Waals surface area contributed by atoms with E-state index in [0.29, 0.717) is 45.2 Å². The number of nitrogens with zero attached hydrogens (tertiary/aromatic N) is 4. The second kappa shape index (κ2) is 13.3. The monoisotopic (exact) mass is 504 g/mol. The van der Waals surface area contributed by atoms with Crippen LogP contribution < -0.4 is 0 Å². The predicted molar refractivity (Wildman–Crippen MR) is 144 cm³/mol. The maximum atomic E-state index is 12.5. The number of carbonyl (C=O) groups is 1. The third kappa shape index (κ3) is 7.37. The molecule has 2 heterocycles. The maximum absolute atomic E-state index is 12.5. The molecule has 0 bridgehead atoms. The van der Waals surface area contributed by atoms with Crippen LogP contribution in [0.15, 0.2) is 30.5 Å². The molecule has 2 saturated heterocycles. The third-order valence-electron chi connectivity index (χ3n) is 7.28. The molecular weight excluding hydrogens is 456 g/mol. The summed E-state index contributed by atoms with van der Waals surface area (Å²) in [5, 5.41) is 0. The molecule has 204 valence electrons. The van der Waals surface area contributed by atoms with Gasteiger partial charge in [0.2, 0.25) is 5.91 Å². The van der Waals surface area contributed by atoms with Gasteiger partial charge in [0.05, 0.1) is 6.54 Å². The van der Waals surface area contributed by atoms with Crippen LogP contribution in [0.25, 0.3) is 0 Å². The number of likely N-dealkylation sites (N-methyl/N-ethyl adjacent to an activating group) is 1. The SMILES string of the molecule is C=C1CCCN(CC)C(=C)N1C(C)(C)CCOCCCOCCC(C)(C)N1C(=O)CN(CC)C1=C=O. The fourth-order valence-corrected chi connectivity index (χ4v) is 5.06. The van der Waals surface area contributed by atoms with Crippen LogP contribution in [0, 0.1) is 0 Å². The van der Waals surface area contributed by atoms with Crippen LogP contribution in [0.4, 0.5) is 0 Å². The van der Waals surface area contributed by atoms with Gasteiger partial charge in [-0.3, -0.25) is 9.69 Å². The van der Waals surface area contributed by atoms with E-state index >= 15 is 0 Å². The first-order valence-electron chi connectivity index (χ1n) is 13.4. The Hall–Kier alpha value is -2.28. The van der Waals surface area contributed by atoms with E-state index in [1.165, 1.54) is 0 Å². The van der Waals surface area contributed by atoms with E-state index in [4.69, 9.17) is 9.47 Å². The number of allylic oxidation sites excluding steroid dienone is 1. The summed E-state index contributed by atoms with van der Waals surface area (Å²) in [4.78, 5) is 31.9. The number of rotatable bonds is 14. The summed E-state index contributed by atoms with van der Waals surface area (Å²) in [7, 11) is 0. The van der Waals surface area contributed by atoms with E-state index in [2.05, 4.69) is 43.7 Å². The molecule has 0 saturated carbocycles. The summed E-state index contributed by atoms with van der Waals surface area (Å²) in [5.74, 6) is 3.26. The van der Waals surface area contributed by atoms with Crippen LogP contribution in [0.1, 0.15) is 73.6 Å². The van der Waals surface area contributed by atoms with Gasteiger partial charge < -0.3 is 24.2 Å². The van der Waals surface area contributed by atoms with Gasteiger partial charge in [-0.15, -0.1) is 0 Å². The Morgan fingerprint density at radius 2 is 1.44 bits per heavy atom. The lowest BCUT2D eigenvalue weighted by molar-refractivity contribution is -0.130. The van der Waals surface area contributed by atoms with Crippen molar-refractivity contribution in [2.75, 3.05) is 52.6 Å². The highest BCUT2D eigenvalue weighted by atomic mass is 16.5. The molecule has 2 aliphatic heterocycles. The Bertz CT molecular complexity index is 831. The number of hydrogen-bond donors (Lipinski definition) is 0. The Kier molecular flexibility index (Phi) is 11.1. The molecule has 0 aromatic heterocycles. The summed E-state index contributed by atoms with van der Waals surface area (Å²) in [6, 6.07) is 0. The fraction of sp³-hybridized carbons (Fsp3) is 0.750. The molecule has 0 aromatic rings. The van der Waals surface area contributed by atoms with Crippen molar-refractivity contribution < 1.29 is 19.1 Å². The first kappa shape index (κ1) is 29.9. The zero-order valence-electron chi connectivity index (χ0n) is 23.5. The van der Waals surface area contributed by atoms with Crippen LogP contribution in [0.5, 0.6) is 0 Å². The summed E-state index contributed by atoms with van der Waals surface area (Å²) < 4.78 is 11.7. The van der Waals surface area contributed by atoms with Crippen molar-refractivity contribution in [2.45, 2.75) is 84.7 Å². The van der Waals surface area contributed by atoms with Crippen molar-refractivity contribution in [3.8, 4) is 0 Å². The minimum absolute atomic E-state index is 0.0637. The minimum Gasteiger partial charge on any atom is -0.381 e. The van der Waals surface area contributed by atoms with E-state index in [-0.39, 0.29) is 18.0 Å². The van der Waals surface area contributed by atoms with E-state index in [1.807, 2.05) is 26.7 Å². The second-order valence-electron chi connectivity index (χ2n) is 10.9. The highest BCUT2D eigenvalue weighted by molar-refractivity contribution is 5.86. The number of hydrogen-bond acceptors (Lipinski definition) is 7. The van der Waals surface area contributed by atoms with Gasteiger partial charge in [-0.1, -0.05) is 13.2 Å². The Morgan fingerprint density at radius 1 is 0.889 bits per heavy atom. The van der Waals surface area contributed by atoms with Gasteiger partial charge in [-0.05, 0) is 73.6 Å². The van der Waals surface area contributed by atoms with Crippen molar-refractivity contribution in [2.24, 2.45) is 0 Å². The lowest BCUT2D eigenvalue weighted by Gasteiger charge is -2.44.